The molecule has 1 aromatic carbocycles. The van der Waals surface area contributed by atoms with E-state index in [-0.39, 0.29) is 0 Å². The van der Waals surface area contributed by atoms with Gasteiger partial charge in [0.15, 0.2) is 0 Å². The lowest BCUT2D eigenvalue weighted by molar-refractivity contribution is 0.154. The number of nitrogens with one attached hydrogen (secondary N) is 2. The van der Waals surface area contributed by atoms with Gasteiger partial charge in [-0.1, -0.05) is 12.2 Å². The van der Waals surface area contributed by atoms with Crippen LogP contribution in [0.1, 0.15) is 23.1 Å². The summed E-state index contributed by atoms with van der Waals surface area (Å²) in [5.41, 5.74) is 11.3. The lowest BCUT2D eigenvalue weighted by Crippen LogP contribution is -2.55. The fourth-order valence-electron chi connectivity index (χ4n) is 3.64. The first-order chi connectivity index (χ1) is 13.7. The minimum atomic E-state index is 0.330. The van der Waals surface area contributed by atoms with Crippen LogP contribution in [-0.4, -0.2) is 40.5 Å². The van der Waals surface area contributed by atoms with Gasteiger partial charge in [0.1, 0.15) is 6.07 Å². The number of H-pyrrole nitrogens is 1. The number of anilines is 2. The Bertz CT molecular complexity index is 1050. The Balaban J connectivity index is 1.56. The van der Waals surface area contributed by atoms with E-state index < -0.39 is 0 Å². The Morgan fingerprint density at radius 1 is 1.36 bits per heavy atom. The number of benzene rings is 1. The van der Waals surface area contributed by atoms with Crippen LogP contribution in [0.15, 0.2) is 42.9 Å². The first-order valence-electron chi connectivity index (χ1n) is 9.52. The highest BCUT2D eigenvalue weighted by molar-refractivity contribution is 5.89. The molecule has 4 rings (SSSR count). The van der Waals surface area contributed by atoms with E-state index >= 15 is 0 Å². The lowest BCUT2D eigenvalue weighted by atomic mass is 10.1. The molecule has 0 bridgehead atoms. The van der Waals surface area contributed by atoms with Crippen LogP contribution in [-0.2, 0) is 0 Å². The fourth-order valence-corrected chi connectivity index (χ4v) is 3.64. The zero-order valence-electron chi connectivity index (χ0n) is 15.9. The van der Waals surface area contributed by atoms with Crippen LogP contribution in [0.3, 0.4) is 0 Å². The largest absolute Gasteiger partial charge is 0.361 e. The molecule has 28 heavy (non-hydrogen) atoms. The molecule has 0 atom stereocenters. The van der Waals surface area contributed by atoms with E-state index in [4.69, 9.17) is 5.73 Å². The van der Waals surface area contributed by atoms with Crippen molar-refractivity contribution in [3.8, 4) is 6.07 Å². The molecule has 0 amide bonds. The summed E-state index contributed by atoms with van der Waals surface area (Å²) in [6.45, 7) is 5.04. The molecule has 0 radical (unpaired) electrons. The molecule has 0 spiro atoms. The molecule has 1 saturated heterocycles. The van der Waals surface area contributed by atoms with Crippen LogP contribution >= 0.6 is 0 Å². The second-order valence-electron chi connectivity index (χ2n) is 7.28. The summed E-state index contributed by atoms with van der Waals surface area (Å²) in [5.74, 6) is 0. The van der Waals surface area contributed by atoms with Crippen molar-refractivity contribution >= 4 is 28.4 Å². The molecule has 0 unspecified atom stereocenters. The number of rotatable bonds is 6. The van der Waals surface area contributed by atoms with Crippen LogP contribution in [0.4, 0.5) is 11.4 Å². The normalized spacial score (nSPS) is 15.0. The van der Waals surface area contributed by atoms with Crippen molar-refractivity contribution in [2.75, 3.05) is 25.0 Å². The predicted molar refractivity (Wildman–Crippen MR) is 113 cm³/mol. The monoisotopic (exact) mass is 372 g/mol. The van der Waals surface area contributed by atoms with Gasteiger partial charge in [-0.05, 0) is 37.1 Å². The fraction of sp³-hybridized carbons (Fsp3) is 0.273. The molecule has 0 saturated carbocycles. The topological polar surface area (TPSA) is 93.8 Å². The summed E-state index contributed by atoms with van der Waals surface area (Å²) in [5, 5.41) is 14.2. The molecule has 4 N–H and O–H groups in total. The van der Waals surface area contributed by atoms with Gasteiger partial charge in [0.2, 0.25) is 0 Å². The highest BCUT2D eigenvalue weighted by Crippen LogP contribution is 2.30. The molecule has 2 aromatic heterocycles. The smallest absolute Gasteiger partial charge is 0.103 e. The number of hydrogen-bond acceptors (Lipinski definition) is 5. The second-order valence-corrected chi connectivity index (χ2v) is 7.28. The average molecular weight is 372 g/mol. The Hall–Kier alpha value is -3.14. The summed E-state index contributed by atoms with van der Waals surface area (Å²) in [7, 11) is 0. The van der Waals surface area contributed by atoms with E-state index in [0.29, 0.717) is 11.6 Å². The van der Waals surface area contributed by atoms with Crippen LogP contribution in [0.2, 0.25) is 0 Å². The molecule has 142 valence electrons. The van der Waals surface area contributed by atoms with Crippen molar-refractivity contribution in [2.24, 2.45) is 5.73 Å². The molecule has 3 aromatic rings. The van der Waals surface area contributed by atoms with Crippen molar-refractivity contribution in [3.63, 3.8) is 0 Å². The lowest BCUT2D eigenvalue weighted by Gasteiger charge is -2.36. The van der Waals surface area contributed by atoms with Crippen LogP contribution < -0.4 is 11.1 Å². The third-order valence-corrected chi connectivity index (χ3v) is 5.25. The van der Waals surface area contributed by atoms with Gasteiger partial charge in [-0.25, -0.2) is 0 Å². The van der Waals surface area contributed by atoms with Crippen LogP contribution in [0, 0.1) is 18.3 Å². The molecule has 6 nitrogen and oxygen atoms in total. The Morgan fingerprint density at radius 2 is 2.21 bits per heavy atom. The molecular weight excluding hydrogens is 348 g/mol. The number of aromatic nitrogens is 2. The van der Waals surface area contributed by atoms with E-state index in [1.807, 2.05) is 24.4 Å². The molecule has 1 aliphatic heterocycles. The number of aryl methyl sites for hydroxylation is 1. The quantitative estimate of drug-likeness (QED) is 0.615. The van der Waals surface area contributed by atoms with E-state index in [2.05, 4.69) is 45.3 Å². The van der Waals surface area contributed by atoms with E-state index in [1.54, 1.807) is 12.4 Å². The van der Waals surface area contributed by atoms with Crippen molar-refractivity contribution in [2.45, 2.75) is 19.4 Å². The molecule has 0 aliphatic carbocycles. The van der Waals surface area contributed by atoms with Gasteiger partial charge in [0, 0.05) is 66.4 Å². The van der Waals surface area contributed by atoms with Crippen LogP contribution in [0.5, 0.6) is 0 Å². The van der Waals surface area contributed by atoms with Crippen molar-refractivity contribution in [3.05, 3.63) is 59.6 Å². The average Bonchev–Trinajstić information content (AvgIpc) is 3.16. The minimum Gasteiger partial charge on any atom is -0.361 e. The van der Waals surface area contributed by atoms with E-state index in [9.17, 15) is 5.26 Å². The Labute approximate surface area is 164 Å². The minimum absolute atomic E-state index is 0.330. The third kappa shape index (κ3) is 3.63. The van der Waals surface area contributed by atoms with Crippen molar-refractivity contribution in [1.82, 2.24) is 14.9 Å². The summed E-state index contributed by atoms with van der Waals surface area (Å²) >= 11 is 0. The summed E-state index contributed by atoms with van der Waals surface area (Å²) in [6, 6.07) is 8.73. The Morgan fingerprint density at radius 3 is 3.00 bits per heavy atom. The number of pyridine rings is 1. The third-order valence-electron chi connectivity index (χ3n) is 5.25. The number of aromatic amines is 1. The van der Waals surface area contributed by atoms with Gasteiger partial charge >= 0.3 is 0 Å². The van der Waals surface area contributed by atoms with Gasteiger partial charge in [-0.2, -0.15) is 5.26 Å². The van der Waals surface area contributed by atoms with Crippen molar-refractivity contribution in [1.29, 1.82) is 5.26 Å². The summed E-state index contributed by atoms with van der Waals surface area (Å²) in [4.78, 5) is 9.80. The molecule has 1 fully saturated rings. The van der Waals surface area contributed by atoms with Gasteiger partial charge in [0.05, 0.1) is 11.3 Å². The number of nitrogens with zero attached hydrogens (tertiary/aromatic N) is 3. The first kappa shape index (κ1) is 18.2. The number of nitriles is 1. The molecular formula is C22H24N6. The van der Waals surface area contributed by atoms with E-state index in [0.717, 1.165) is 54.1 Å². The van der Waals surface area contributed by atoms with Crippen LogP contribution in [0.25, 0.3) is 17.0 Å². The van der Waals surface area contributed by atoms with Gasteiger partial charge < -0.3 is 16.0 Å². The number of nitrogens with two attached hydrogens (primary N) is 1. The zero-order chi connectivity index (χ0) is 19.5. The number of fused-ring (bicyclic) bond motifs is 1. The second kappa shape index (κ2) is 7.85. The van der Waals surface area contributed by atoms with Gasteiger partial charge in [0.25, 0.3) is 0 Å². The predicted octanol–water partition coefficient (Wildman–Crippen LogP) is 3.53. The summed E-state index contributed by atoms with van der Waals surface area (Å²) < 4.78 is 0. The highest BCUT2D eigenvalue weighted by atomic mass is 15.2. The Kier molecular flexibility index (Phi) is 5.11. The number of likely N-dealkylation sites (tertiary alicyclic amines) is 1. The molecule has 3 heterocycles. The number of hydrogen-bond donors (Lipinski definition) is 3. The van der Waals surface area contributed by atoms with Gasteiger partial charge in [-0.15, -0.1) is 0 Å². The maximum atomic E-state index is 9.56. The standard InChI is InChI=1S/C22H24N6/c1-15-19-7-8-26-21(19)6-5-20(15)27-22-16(11-25-12-17(22)10-23)4-2-3-9-28-13-18(24)14-28/h2,4-8,11-12,18,26H,3,9,13-14,24H2,1H3,(H,25,27). The summed E-state index contributed by atoms with van der Waals surface area (Å²) in [6.07, 6.45) is 10.5. The highest BCUT2D eigenvalue weighted by Gasteiger charge is 2.21. The molecule has 6 heteroatoms. The van der Waals surface area contributed by atoms with Crippen molar-refractivity contribution < 1.29 is 0 Å². The van der Waals surface area contributed by atoms with Gasteiger partial charge in [-0.3, -0.25) is 9.88 Å². The zero-order valence-corrected chi connectivity index (χ0v) is 15.9. The maximum Gasteiger partial charge on any atom is 0.103 e. The maximum absolute atomic E-state index is 9.56. The SMILES string of the molecule is Cc1c(Nc2c(C#N)cncc2C=CCCN2CC(N)C2)ccc2[nH]ccc12. The van der Waals surface area contributed by atoms with E-state index in [1.165, 1.54) is 5.39 Å². The molecule has 1 aliphatic rings. The first-order valence-corrected chi connectivity index (χ1v) is 9.52.